The molecule has 0 radical (unpaired) electrons. The van der Waals surface area contributed by atoms with Crippen LogP contribution in [0.15, 0.2) is 30.3 Å². The van der Waals surface area contributed by atoms with Gasteiger partial charge in [-0.15, -0.1) is 0 Å². The zero-order chi connectivity index (χ0) is 20.8. The van der Waals surface area contributed by atoms with E-state index in [-0.39, 0.29) is 17.3 Å². The van der Waals surface area contributed by atoms with Crippen LogP contribution < -0.4 is 4.90 Å². The molecule has 5 nitrogen and oxygen atoms in total. The van der Waals surface area contributed by atoms with Gasteiger partial charge in [-0.1, -0.05) is 13.3 Å². The van der Waals surface area contributed by atoms with Gasteiger partial charge in [0.2, 0.25) is 0 Å². The summed E-state index contributed by atoms with van der Waals surface area (Å²) in [6.07, 6.45) is 3.86. The van der Waals surface area contributed by atoms with Crippen LogP contribution in [0.2, 0.25) is 0 Å². The smallest absolute Gasteiger partial charge is 0.272 e. The first-order valence-electron chi connectivity index (χ1n) is 10.7. The Hall–Kier alpha value is -2.37. The number of hydrogen-bond donors (Lipinski definition) is 0. The Morgan fingerprint density at radius 1 is 1.28 bits per heavy atom. The number of aryl methyl sites for hydroxylation is 2. The van der Waals surface area contributed by atoms with Crippen molar-refractivity contribution < 1.29 is 9.18 Å². The lowest BCUT2D eigenvalue weighted by molar-refractivity contribution is 0.0656. The second-order valence-corrected chi connectivity index (χ2v) is 9.12. The third-order valence-corrected chi connectivity index (χ3v) is 6.49. The fraction of sp³-hybridized carbons (Fsp3) is 0.565. The summed E-state index contributed by atoms with van der Waals surface area (Å²) in [5.41, 5.74) is 2.71. The van der Waals surface area contributed by atoms with Gasteiger partial charge in [-0.05, 0) is 69.4 Å². The average Bonchev–Trinajstić information content (AvgIpc) is 3.17. The molecule has 2 aliphatic heterocycles. The van der Waals surface area contributed by atoms with Crippen LogP contribution in [0.3, 0.4) is 0 Å². The number of likely N-dealkylation sites (tertiary alicyclic amines) is 1. The predicted molar refractivity (Wildman–Crippen MR) is 113 cm³/mol. The number of anilines is 1. The van der Waals surface area contributed by atoms with Crippen molar-refractivity contribution in [3.63, 3.8) is 0 Å². The molecule has 2 fully saturated rings. The summed E-state index contributed by atoms with van der Waals surface area (Å²) in [6, 6.07) is 9.15. The van der Waals surface area contributed by atoms with Crippen molar-refractivity contribution in [1.82, 2.24) is 14.7 Å². The monoisotopic (exact) mass is 398 g/mol. The first-order chi connectivity index (χ1) is 13.8. The van der Waals surface area contributed by atoms with E-state index in [1.807, 2.05) is 30.1 Å². The fourth-order valence-electron chi connectivity index (χ4n) is 5.34. The molecule has 6 heteroatoms. The second-order valence-electron chi connectivity index (χ2n) is 9.12. The van der Waals surface area contributed by atoms with Crippen LogP contribution in [0, 0.1) is 11.7 Å². The van der Waals surface area contributed by atoms with E-state index >= 15 is 0 Å². The third-order valence-electron chi connectivity index (χ3n) is 6.49. The molecule has 3 heterocycles. The van der Waals surface area contributed by atoms with Crippen molar-refractivity contribution in [2.75, 3.05) is 18.0 Å². The maximum atomic E-state index is 13.4. The molecule has 0 bridgehead atoms. The molecule has 2 aliphatic rings. The molecule has 0 unspecified atom stereocenters. The van der Waals surface area contributed by atoms with E-state index in [1.165, 1.54) is 12.1 Å². The zero-order valence-corrected chi connectivity index (χ0v) is 17.9. The normalized spacial score (nSPS) is 23.3. The van der Waals surface area contributed by atoms with Crippen LogP contribution in [-0.2, 0) is 13.5 Å². The van der Waals surface area contributed by atoms with Crippen LogP contribution in [0.25, 0.3) is 0 Å². The minimum absolute atomic E-state index is 0.0208. The van der Waals surface area contributed by atoms with E-state index in [9.17, 15) is 9.18 Å². The molecule has 0 saturated carbocycles. The van der Waals surface area contributed by atoms with Crippen LogP contribution in [-0.4, -0.2) is 45.3 Å². The summed E-state index contributed by atoms with van der Waals surface area (Å²) in [5.74, 6) is 0.288. The SMILES string of the molecule is CCCc1cc(C(=O)N2CC[C@H]3[C@@H](C2)CC(C)(C)N3c2ccc(F)cc2)n(C)n1. The average molecular weight is 399 g/mol. The van der Waals surface area contributed by atoms with E-state index in [2.05, 4.69) is 30.8 Å². The van der Waals surface area contributed by atoms with Gasteiger partial charge < -0.3 is 9.80 Å². The van der Waals surface area contributed by atoms with Crippen molar-refractivity contribution >= 4 is 11.6 Å². The standard InChI is InChI=1S/C23H31FN4O/c1-5-6-18-13-21(26(4)25-18)22(29)27-12-11-20-16(15-27)14-23(2,3)28(20)19-9-7-17(24)8-10-19/h7-10,13,16,20H,5-6,11-12,14-15H2,1-4H3/t16-,20+/m1/s1. The molecule has 0 N–H and O–H groups in total. The van der Waals surface area contributed by atoms with Gasteiger partial charge in [-0.25, -0.2) is 4.39 Å². The Bertz CT molecular complexity index is 889. The number of fused-ring (bicyclic) bond motifs is 1. The highest BCUT2D eigenvalue weighted by atomic mass is 19.1. The molecule has 2 saturated heterocycles. The lowest BCUT2D eigenvalue weighted by Crippen LogP contribution is -2.50. The van der Waals surface area contributed by atoms with Gasteiger partial charge in [0.05, 0.1) is 5.69 Å². The maximum Gasteiger partial charge on any atom is 0.272 e. The molecule has 156 valence electrons. The number of rotatable bonds is 4. The van der Waals surface area contributed by atoms with E-state index in [0.29, 0.717) is 17.7 Å². The zero-order valence-electron chi connectivity index (χ0n) is 17.9. The number of aromatic nitrogens is 2. The highest BCUT2D eigenvalue weighted by Gasteiger charge is 2.48. The Kier molecular flexibility index (Phi) is 5.13. The molecule has 2 aromatic rings. The fourth-order valence-corrected chi connectivity index (χ4v) is 5.34. The summed E-state index contributed by atoms with van der Waals surface area (Å²) in [7, 11) is 1.86. The molecule has 4 rings (SSSR count). The minimum atomic E-state index is -0.207. The summed E-state index contributed by atoms with van der Waals surface area (Å²) in [6.45, 7) is 8.12. The van der Waals surface area contributed by atoms with Crippen molar-refractivity contribution in [2.24, 2.45) is 13.0 Å². The Morgan fingerprint density at radius 3 is 2.69 bits per heavy atom. The summed E-state index contributed by atoms with van der Waals surface area (Å²) >= 11 is 0. The van der Waals surface area contributed by atoms with Gasteiger partial charge in [0.15, 0.2) is 0 Å². The van der Waals surface area contributed by atoms with E-state index in [4.69, 9.17) is 0 Å². The van der Waals surface area contributed by atoms with Gasteiger partial charge in [-0.2, -0.15) is 5.10 Å². The minimum Gasteiger partial charge on any atom is -0.363 e. The molecule has 1 aromatic carbocycles. The molecule has 2 atom stereocenters. The van der Waals surface area contributed by atoms with Gasteiger partial charge in [-0.3, -0.25) is 9.48 Å². The van der Waals surface area contributed by atoms with Gasteiger partial charge in [0, 0.05) is 37.4 Å². The maximum absolute atomic E-state index is 13.4. The Balaban J connectivity index is 1.52. The second kappa shape index (κ2) is 7.47. The molecule has 29 heavy (non-hydrogen) atoms. The highest BCUT2D eigenvalue weighted by Crippen LogP contribution is 2.44. The largest absolute Gasteiger partial charge is 0.363 e. The number of piperidine rings is 1. The van der Waals surface area contributed by atoms with Crippen molar-refractivity contribution in [1.29, 1.82) is 0 Å². The Labute approximate surface area is 172 Å². The number of halogens is 1. The van der Waals surface area contributed by atoms with E-state index < -0.39 is 0 Å². The van der Waals surface area contributed by atoms with Gasteiger partial charge >= 0.3 is 0 Å². The van der Waals surface area contributed by atoms with Crippen LogP contribution in [0.4, 0.5) is 10.1 Å². The number of hydrogen-bond acceptors (Lipinski definition) is 3. The third kappa shape index (κ3) is 3.65. The topological polar surface area (TPSA) is 41.4 Å². The first-order valence-corrected chi connectivity index (χ1v) is 10.7. The molecular formula is C23H31FN4O. The molecule has 1 aromatic heterocycles. The number of carbonyl (C=O) groups is 1. The first kappa shape index (κ1) is 19.9. The van der Waals surface area contributed by atoms with Crippen LogP contribution in [0.1, 0.15) is 56.2 Å². The molecule has 1 amide bonds. The number of amides is 1. The molecular weight excluding hydrogens is 367 g/mol. The Morgan fingerprint density at radius 2 is 2.00 bits per heavy atom. The summed E-state index contributed by atoms with van der Waals surface area (Å²) < 4.78 is 15.1. The number of nitrogens with zero attached hydrogens (tertiary/aromatic N) is 4. The number of carbonyl (C=O) groups excluding carboxylic acids is 1. The lowest BCUT2D eigenvalue weighted by Gasteiger charge is -2.41. The summed E-state index contributed by atoms with van der Waals surface area (Å²) in [5, 5.41) is 4.49. The number of benzene rings is 1. The van der Waals surface area contributed by atoms with Crippen molar-refractivity contribution in [3.8, 4) is 0 Å². The lowest BCUT2D eigenvalue weighted by atomic mass is 9.89. The van der Waals surface area contributed by atoms with Crippen LogP contribution in [0.5, 0.6) is 0 Å². The van der Waals surface area contributed by atoms with Crippen molar-refractivity contribution in [2.45, 2.75) is 58.0 Å². The van der Waals surface area contributed by atoms with Crippen LogP contribution >= 0.6 is 0 Å². The summed E-state index contributed by atoms with van der Waals surface area (Å²) in [4.78, 5) is 17.6. The molecule has 0 aliphatic carbocycles. The van der Waals surface area contributed by atoms with Gasteiger partial charge in [0.25, 0.3) is 5.91 Å². The highest BCUT2D eigenvalue weighted by molar-refractivity contribution is 5.92. The molecule has 0 spiro atoms. The van der Waals surface area contributed by atoms with E-state index in [0.717, 1.165) is 50.2 Å². The van der Waals surface area contributed by atoms with E-state index in [1.54, 1.807) is 4.68 Å². The predicted octanol–water partition coefficient (Wildman–Crippen LogP) is 4.03. The van der Waals surface area contributed by atoms with Crippen molar-refractivity contribution in [3.05, 3.63) is 47.5 Å². The quantitative estimate of drug-likeness (QED) is 0.781. The van der Waals surface area contributed by atoms with Gasteiger partial charge in [0.1, 0.15) is 11.5 Å².